The molecule has 1 aromatic carbocycles. The van der Waals surface area contributed by atoms with Crippen LogP contribution in [0, 0.1) is 6.92 Å². The highest BCUT2D eigenvalue weighted by molar-refractivity contribution is 5.94. The van der Waals surface area contributed by atoms with Crippen molar-refractivity contribution in [3.05, 3.63) is 30.0 Å². The summed E-state index contributed by atoms with van der Waals surface area (Å²) in [5.41, 5.74) is 5.00. The average molecular weight is 281 g/mol. The smallest absolute Gasteiger partial charge is 0.0746 e. The van der Waals surface area contributed by atoms with Gasteiger partial charge in [0.25, 0.3) is 0 Å². The highest BCUT2D eigenvalue weighted by atomic mass is 15.2. The van der Waals surface area contributed by atoms with Crippen molar-refractivity contribution >= 4 is 22.3 Å². The molecule has 2 fully saturated rings. The van der Waals surface area contributed by atoms with Gasteiger partial charge in [0.15, 0.2) is 0 Å². The molecule has 0 spiro atoms. The first-order chi connectivity index (χ1) is 10.3. The Morgan fingerprint density at radius 2 is 1.52 bits per heavy atom. The van der Waals surface area contributed by atoms with E-state index < -0.39 is 0 Å². The maximum absolute atomic E-state index is 4.79. The van der Waals surface area contributed by atoms with Gasteiger partial charge in [0, 0.05) is 48.6 Å². The molecule has 0 aliphatic carbocycles. The average Bonchev–Trinajstić information content (AvgIpc) is 3.19. The fourth-order valence-corrected chi connectivity index (χ4v) is 3.72. The number of nitrogens with zero attached hydrogens (tertiary/aromatic N) is 3. The van der Waals surface area contributed by atoms with E-state index >= 15 is 0 Å². The number of anilines is 2. The molecule has 0 amide bonds. The summed E-state index contributed by atoms with van der Waals surface area (Å²) >= 11 is 0. The first kappa shape index (κ1) is 12.9. The standard InChI is InChI=1S/C18H23N3/c1-14-12-18(21-10-4-5-11-21)16-7-6-15(13-17(16)19-14)20-8-2-3-9-20/h6-7,12-13H,2-5,8-11H2,1H3. The van der Waals surface area contributed by atoms with E-state index in [2.05, 4.69) is 41.0 Å². The number of fused-ring (bicyclic) bond motifs is 1. The van der Waals surface area contributed by atoms with Crippen LogP contribution in [-0.4, -0.2) is 31.2 Å². The van der Waals surface area contributed by atoms with Crippen LogP contribution in [0.15, 0.2) is 24.3 Å². The van der Waals surface area contributed by atoms with E-state index in [-0.39, 0.29) is 0 Å². The summed E-state index contributed by atoms with van der Waals surface area (Å²) in [6, 6.07) is 9.10. The van der Waals surface area contributed by atoms with Gasteiger partial charge in [-0.1, -0.05) is 0 Å². The molecular formula is C18H23N3. The third kappa shape index (κ3) is 2.35. The van der Waals surface area contributed by atoms with Crippen LogP contribution in [0.5, 0.6) is 0 Å². The molecular weight excluding hydrogens is 258 g/mol. The Kier molecular flexibility index (Phi) is 3.21. The fourth-order valence-electron chi connectivity index (χ4n) is 3.72. The minimum Gasteiger partial charge on any atom is -0.371 e. The predicted molar refractivity (Wildman–Crippen MR) is 89.4 cm³/mol. The summed E-state index contributed by atoms with van der Waals surface area (Å²) in [7, 11) is 0. The minimum atomic E-state index is 1.13. The summed E-state index contributed by atoms with van der Waals surface area (Å²) < 4.78 is 0. The van der Waals surface area contributed by atoms with Gasteiger partial charge >= 0.3 is 0 Å². The van der Waals surface area contributed by atoms with E-state index in [1.165, 1.54) is 68.6 Å². The zero-order chi connectivity index (χ0) is 14.2. The Morgan fingerprint density at radius 3 is 2.24 bits per heavy atom. The number of aryl methyl sites for hydroxylation is 1. The molecule has 0 N–H and O–H groups in total. The molecule has 0 unspecified atom stereocenters. The van der Waals surface area contributed by atoms with Crippen LogP contribution in [0.4, 0.5) is 11.4 Å². The molecule has 21 heavy (non-hydrogen) atoms. The van der Waals surface area contributed by atoms with Gasteiger partial charge in [0.2, 0.25) is 0 Å². The first-order valence-corrected chi connectivity index (χ1v) is 8.22. The van der Waals surface area contributed by atoms with Crippen molar-refractivity contribution in [2.24, 2.45) is 0 Å². The Labute approximate surface area is 126 Å². The molecule has 3 heterocycles. The molecule has 3 nitrogen and oxygen atoms in total. The summed E-state index contributed by atoms with van der Waals surface area (Å²) in [6.45, 7) is 6.87. The predicted octanol–water partition coefficient (Wildman–Crippen LogP) is 3.74. The molecule has 0 radical (unpaired) electrons. The van der Waals surface area contributed by atoms with Gasteiger partial charge in [-0.3, -0.25) is 4.98 Å². The lowest BCUT2D eigenvalue weighted by Crippen LogP contribution is -2.19. The van der Waals surface area contributed by atoms with E-state index in [9.17, 15) is 0 Å². The Balaban J connectivity index is 1.80. The normalized spacial score (nSPS) is 18.9. The summed E-state index contributed by atoms with van der Waals surface area (Å²) in [4.78, 5) is 9.79. The number of hydrogen-bond acceptors (Lipinski definition) is 3. The lowest BCUT2D eigenvalue weighted by atomic mass is 10.1. The highest BCUT2D eigenvalue weighted by Crippen LogP contribution is 2.32. The van der Waals surface area contributed by atoms with Gasteiger partial charge in [-0.25, -0.2) is 0 Å². The molecule has 110 valence electrons. The van der Waals surface area contributed by atoms with Gasteiger partial charge in [-0.05, 0) is 56.9 Å². The van der Waals surface area contributed by atoms with Gasteiger partial charge in [-0.15, -0.1) is 0 Å². The summed E-state index contributed by atoms with van der Waals surface area (Å²) in [5, 5.41) is 1.31. The number of aromatic nitrogens is 1. The van der Waals surface area contributed by atoms with Crippen LogP contribution in [0.2, 0.25) is 0 Å². The number of pyridine rings is 1. The van der Waals surface area contributed by atoms with Crippen LogP contribution in [0.1, 0.15) is 31.4 Å². The molecule has 1 aromatic heterocycles. The topological polar surface area (TPSA) is 19.4 Å². The van der Waals surface area contributed by atoms with Crippen LogP contribution in [-0.2, 0) is 0 Å². The van der Waals surface area contributed by atoms with Gasteiger partial charge in [0.1, 0.15) is 0 Å². The molecule has 2 aliphatic rings. The van der Waals surface area contributed by atoms with Crippen LogP contribution < -0.4 is 9.80 Å². The SMILES string of the molecule is Cc1cc(N2CCCC2)c2ccc(N3CCCC3)cc2n1. The maximum atomic E-state index is 4.79. The van der Waals surface area contributed by atoms with E-state index in [0.717, 1.165) is 11.2 Å². The van der Waals surface area contributed by atoms with Crippen LogP contribution in [0.3, 0.4) is 0 Å². The third-order valence-corrected chi connectivity index (χ3v) is 4.82. The first-order valence-electron chi connectivity index (χ1n) is 8.22. The van der Waals surface area contributed by atoms with Crippen molar-refractivity contribution in [3.63, 3.8) is 0 Å². The van der Waals surface area contributed by atoms with Gasteiger partial charge in [0.05, 0.1) is 5.52 Å². The monoisotopic (exact) mass is 281 g/mol. The lowest BCUT2D eigenvalue weighted by Gasteiger charge is -2.22. The zero-order valence-corrected chi connectivity index (χ0v) is 12.8. The van der Waals surface area contributed by atoms with E-state index in [4.69, 9.17) is 4.98 Å². The lowest BCUT2D eigenvalue weighted by molar-refractivity contribution is 0.949. The van der Waals surface area contributed by atoms with Crippen LogP contribution in [0.25, 0.3) is 10.9 Å². The molecule has 2 saturated heterocycles. The minimum absolute atomic E-state index is 1.13. The van der Waals surface area contributed by atoms with E-state index in [1.54, 1.807) is 0 Å². The van der Waals surface area contributed by atoms with Crippen molar-refractivity contribution in [2.45, 2.75) is 32.6 Å². The van der Waals surface area contributed by atoms with Crippen LogP contribution >= 0.6 is 0 Å². The molecule has 0 bridgehead atoms. The molecule has 2 aromatic rings. The highest BCUT2D eigenvalue weighted by Gasteiger charge is 2.17. The second kappa shape index (κ2) is 5.21. The second-order valence-corrected chi connectivity index (χ2v) is 6.37. The van der Waals surface area contributed by atoms with Gasteiger partial charge in [-0.2, -0.15) is 0 Å². The van der Waals surface area contributed by atoms with Crippen molar-refractivity contribution in [1.29, 1.82) is 0 Å². The van der Waals surface area contributed by atoms with Crippen molar-refractivity contribution in [1.82, 2.24) is 4.98 Å². The second-order valence-electron chi connectivity index (χ2n) is 6.37. The van der Waals surface area contributed by atoms with Crippen molar-refractivity contribution < 1.29 is 0 Å². The molecule has 4 rings (SSSR count). The van der Waals surface area contributed by atoms with E-state index in [1.807, 2.05) is 0 Å². The number of hydrogen-bond donors (Lipinski definition) is 0. The fraction of sp³-hybridized carbons (Fsp3) is 0.500. The van der Waals surface area contributed by atoms with Crippen molar-refractivity contribution in [3.8, 4) is 0 Å². The number of rotatable bonds is 2. The van der Waals surface area contributed by atoms with Gasteiger partial charge < -0.3 is 9.80 Å². The molecule has 2 aliphatic heterocycles. The molecule has 0 saturated carbocycles. The quantitative estimate of drug-likeness (QED) is 0.836. The Bertz CT molecular complexity index is 653. The van der Waals surface area contributed by atoms with Crippen molar-refractivity contribution in [2.75, 3.05) is 36.0 Å². The molecule has 0 atom stereocenters. The number of benzene rings is 1. The maximum Gasteiger partial charge on any atom is 0.0746 e. The Morgan fingerprint density at radius 1 is 0.857 bits per heavy atom. The zero-order valence-electron chi connectivity index (χ0n) is 12.8. The Hall–Kier alpha value is -1.77. The third-order valence-electron chi connectivity index (χ3n) is 4.82. The summed E-state index contributed by atoms with van der Waals surface area (Å²) in [6.07, 6.45) is 5.26. The summed E-state index contributed by atoms with van der Waals surface area (Å²) in [5.74, 6) is 0. The molecule has 3 heteroatoms. The van der Waals surface area contributed by atoms with E-state index in [0.29, 0.717) is 0 Å². The largest absolute Gasteiger partial charge is 0.371 e.